The molecule has 0 spiro atoms. The topological polar surface area (TPSA) is 103 Å². The average Bonchev–Trinajstić information content (AvgIpc) is 3.17. The fraction of sp³-hybridized carbons (Fsp3) is 0.500. The van der Waals surface area contributed by atoms with Crippen LogP contribution in [0.2, 0.25) is 5.02 Å². The van der Waals surface area contributed by atoms with Crippen LogP contribution in [0.3, 0.4) is 0 Å². The molecule has 0 aliphatic carbocycles. The van der Waals surface area contributed by atoms with Crippen LogP contribution in [-0.2, 0) is 21.2 Å². The third-order valence-electron chi connectivity index (χ3n) is 4.62. The summed E-state index contributed by atoms with van der Waals surface area (Å²) in [6, 6.07) is 6.74. The standard InChI is InChI=1S/C18H22ClN3O5S/c1-2-14-5-3-4-10-22(14)17(23)12-28(24,25)18-21-20-16(27-18)11-26-15-8-6-13(19)7-9-15/h6-9,14H,2-5,10-12H2,1H3. The number of nitrogens with zero attached hydrogens (tertiary/aromatic N) is 3. The molecule has 0 saturated carbocycles. The van der Waals surface area contributed by atoms with Crippen molar-refractivity contribution in [1.82, 2.24) is 15.1 Å². The Morgan fingerprint density at radius 1 is 1.29 bits per heavy atom. The Morgan fingerprint density at radius 3 is 2.75 bits per heavy atom. The zero-order chi connectivity index (χ0) is 20.1. The van der Waals surface area contributed by atoms with Gasteiger partial charge in [0.1, 0.15) is 11.5 Å². The number of hydrogen-bond acceptors (Lipinski definition) is 7. The van der Waals surface area contributed by atoms with Gasteiger partial charge in [-0.3, -0.25) is 4.79 Å². The number of halogens is 1. The maximum Gasteiger partial charge on any atom is 0.336 e. The molecule has 10 heteroatoms. The van der Waals surface area contributed by atoms with E-state index in [9.17, 15) is 13.2 Å². The highest BCUT2D eigenvalue weighted by atomic mass is 35.5. The number of piperidine rings is 1. The van der Waals surface area contributed by atoms with Gasteiger partial charge in [0.05, 0.1) is 0 Å². The number of aromatic nitrogens is 2. The van der Waals surface area contributed by atoms with Gasteiger partial charge in [-0.2, -0.15) is 0 Å². The van der Waals surface area contributed by atoms with Crippen molar-refractivity contribution in [3.05, 3.63) is 35.2 Å². The summed E-state index contributed by atoms with van der Waals surface area (Å²) < 4.78 is 35.7. The van der Waals surface area contributed by atoms with Crippen LogP contribution >= 0.6 is 11.6 Å². The van der Waals surface area contributed by atoms with Crippen molar-refractivity contribution in [3.8, 4) is 5.75 Å². The Labute approximate surface area is 168 Å². The molecule has 0 radical (unpaired) electrons. The number of amides is 1. The second-order valence-electron chi connectivity index (χ2n) is 6.61. The zero-order valence-corrected chi connectivity index (χ0v) is 17.1. The van der Waals surface area contributed by atoms with Crippen molar-refractivity contribution in [1.29, 1.82) is 0 Å². The monoisotopic (exact) mass is 427 g/mol. The molecule has 1 atom stereocenters. The van der Waals surface area contributed by atoms with Gasteiger partial charge in [0.15, 0.2) is 6.61 Å². The summed E-state index contributed by atoms with van der Waals surface area (Å²) in [6.45, 7) is 2.48. The molecule has 28 heavy (non-hydrogen) atoms. The Balaban J connectivity index is 1.62. The van der Waals surface area contributed by atoms with E-state index in [-0.39, 0.29) is 18.5 Å². The lowest BCUT2D eigenvalue weighted by atomic mass is 10.0. The first-order valence-electron chi connectivity index (χ1n) is 9.12. The van der Waals surface area contributed by atoms with Crippen LogP contribution in [0.25, 0.3) is 0 Å². The summed E-state index contributed by atoms with van der Waals surface area (Å²) in [7, 11) is -4.01. The number of hydrogen-bond donors (Lipinski definition) is 0. The van der Waals surface area contributed by atoms with Crippen molar-refractivity contribution in [2.24, 2.45) is 0 Å². The van der Waals surface area contributed by atoms with Crippen LogP contribution in [0.15, 0.2) is 33.9 Å². The normalized spacial score (nSPS) is 17.5. The molecule has 0 N–H and O–H groups in total. The van der Waals surface area contributed by atoms with Gasteiger partial charge in [-0.15, -0.1) is 5.10 Å². The highest BCUT2D eigenvalue weighted by Gasteiger charge is 2.32. The van der Waals surface area contributed by atoms with E-state index in [1.807, 2.05) is 6.92 Å². The lowest BCUT2D eigenvalue weighted by Crippen LogP contribution is -2.45. The van der Waals surface area contributed by atoms with Gasteiger partial charge < -0.3 is 14.1 Å². The van der Waals surface area contributed by atoms with Crippen LogP contribution < -0.4 is 4.74 Å². The predicted molar refractivity (Wildman–Crippen MR) is 102 cm³/mol. The van der Waals surface area contributed by atoms with Crippen molar-refractivity contribution >= 4 is 27.3 Å². The molecule has 3 rings (SSSR count). The second kappa shape index (κ2) is 8.91. The first-order chi connectivity index (χ1) is 13.4. The van der Waals surface area contributed by atoms with Crippen LogP contribution in [0.5, 0.6) is 5.75 Å². The van der Waals surface area contributed by atoms with E-state index in [4.69, 9.17) is 20.8 Å². The van der Waals surface area contributed by atoms with E-state index in [1.165, 1.54) is 0 Å². The maximum atomic E-state index is 12.5. The zero-order valence-electron chi connectivity index (χ0n) is 15.5. The van der Waals surface area contributed by atoms with Crippen molar-refractivity contribution in [3.63, 3.8) is 0 Å². The van der Waals surface area contributed by atoms with Gasteiger partial charge in [0.25, 0.3) is 5.89 Å². The molecule has 1 amide bonds. The van der Waals surface area contributed by atoms with Gasteiger partial charge in [-0.1, -0.05) is 23.6 Å². The molecule has 0 bridgehead atoms. The molecule has 1 saturated heterocycles. The number of carbonyl (C=O) groups excluding carboxylic acids is 1. The van der Waals surface area contributed by atoms with Crippen molar-refractivity contribution < 1.29 is 22.4 Å². The molecule has 1 aliphatic rings. The molecule has 1 aromatic heterocycles. The molecule has 1 unspecified atom stereocenters. The van der Waals surface area contributed by atoms with E-state index in [2.05, 4.69) is 10.2 Å². The minimum atomic E-state index is -4.01. The predicted octanol–water partition coefficient (Wildman–Crippen LogP) is 2.87. The number of sulfone groups is 1. The Kier molecular flexibility index (Phi) is 6.56. The smallest absolute Gasteiger partial charge is 0.336 e. The van der Waals surface area contributed by atoms with Gasteiger partial charge in [-0.25, -0.2) is 8.42 Å². The molecular formula is C18H22ClN3O5S. The number of rotatable bonds is 7. The molecule has 2 heterocycles. The average molecular weight is 428 g/mol. The maximum absolute atomic E-state index is 12.5. The summed E-state index contributed by atoms with van der Waals surface area (Å²) in [5.41, 5.74) is 0. The van der Waals surface area contributed by atoms with Crippen LogP contribution in [-0.4, -0.2) is 47.8 Å². The number of ether oxygens (including phenoxy) is 1. The number of likely N-dealkylation sites (tertiary alicyclic amines) is 1. The van der Waals surface area contributed by atoms with E-state index in [0.29, 0.717) is 17.3 Å². The van der Waals surface area contributed by atoms with Crippen LogP contribution in [0, 0.1) is 0 Å². The SMILES string of the molecule is CCC1CCCCN1C(=O)CS(=O)(=O)c1nnc(COc2ccc(Cl)cc2)o1. The van der Waals surface area contributed by atoms with Gasteiger partial charge >= 0.3 is 5.22 Å². The molecular weight excluding hydrogens is 406 g/mol. The lowest BCUT2D eigenvalue weighted by Gasteiger charge is -2.35. The molecule has 1 aliphatic heterocycles. The summed E-state index contributed by atoms with van der Waals surface area (Å²) in [6.07, 6.45) is 3.64. The van der Waals surface area contributed by atoms with E-state index in [1.54, 1.807) is 29.2 Å². The fourth-order valence-corrected chi connectivity index (χ4v) is 4.29. The van der Waals surface area contributed by atoms with E-state index < -0.39 is 26.7 Å². The summed E-state index contributed by atoms with van der Waals surface area (Å²) in [5, 5.41) is 7.27. The summed E-state index contributed by atoms with van der Waals surface area (Å²) >= 11 is 5.80. The second-order valence-corrected chi connectivity index (χ2v) is 8.91. The number of carbonyl (C=O) groups is 1. The Bertz CT molecular complexity index is 914. The third kappa shape index (κ3) is 5.02. The molecule has 152 valence electrons. The van der Waals surface area contributed by atoms with E-state index in [0.717, 1.165) is 25.7 Å². The largest absolute Gasteiger partial charge is 0.484 e. The van der Waals surface area contributed by atoms with Crippen LogP contribution in [0.4, 0.5) is 0 Å². The molecule has 1 fully saturated rings. The quantitative estimate of drug-likeness (QED) is 0.669. The Morgan fingerprint density at radius 2 is 2.04 bits per heavy atom. The third-order valence-corrected chi connectivity index (χ3v) is 6.20. The highest BCUT2D eigenvalue weighted by Crippen LogP contribution is 2.21. The van der Waals surface area contributed by atoms with Crippen molar-refractivity contribution in [2.45, 2.75) is 50.5 Å². The fourth-order valence-electron chi connectivity index (χ4n) is 3.16. The first-order valence-corrected chi connectivity index (χ1v) is 11.1. The molecule has 1 aromatic carbocycles. The lowest BCUT2D eigenvalue weighted by molar-refractivity contribution is -0.132. The van der Waals surface area contributed by atoms with Crippen molar-refractivity contribution in [2.75, 3.05) is 12.3 Å². The minimum Gasteiger partial charge on any atom is -0.484 e. The summed E-state index contributed by atoms with van der Waals surface area (Å²) in [5.74, 6) is -0.574. The van der Waals surface area contributed by atoms with Crippen LogP contribution in [0.1, 0.15) is 38.5 Å². The minimum absolute atomic E-state index is 0.00498. The first kappa shape index (κ1) is 20.6. The highest BCUT2D eigenvalue weighted by molar-refractivity contribution is 7.91. The molecule has 8 nitrogen and oxygen atoms in total. The Hall–Kier alpha value is -2.13. The van der Waals surface area contributed by atoms with Gasteiger partial charge in [0.2, 0.25) is 15.7 Å². The summed E-state index contributed by atoms with van der Waals surface area (Å²) in [4.78, 5) is 14.2. The van der Waals surface area contributed by atoms with Gasteiger partial charge in [-0.05, 0) is 49.9 Å². The van der Waals surface area contributed by atoms with Gasteiger partial charge in [0, 0.05) is 17.6 Å². The van der Waals surface area contributed by atoms with E-state index >= 15 is 0 Å². The number of benzene rings is 1. The molecule has 2 aromatic rings.